The second-order valence-electron chi connectivity index (χ2n) is 3.37. The maximum absolute atomic E-state index is 11.4. The van der Waals surface area contributed by atoms with Crippen LogP contribution in [0.5, 0.6) is 0 Å². The fraction of sp³-hybridized carbons (Fsp3) is 0.273. The fourth-order valence-corrected chi connectivity index (χ4v) is 2.83. The highest BCUT2D eigenvalue weighted by Gasteiger charge is 2.11. The zero-order valence-electron chi connectivity index (χ0n) is 9.49. The van der Waals surface area contributed by atoms with Crippen molar-refractivity contribution in [2.24, 2.45) is 0 Å². The van der Waals surface area contributed by atoms with Crippen LogP contribution in [-0.2, 0) is 9.53 Å². The molecule has 2 aromatic rings. The van der Waals surface area contributed by atoms with E-state index in [0.29, 0.717) is 0 Å². The normalized spacial score (nSPS) is 12.0. The fourth-order valence-electron chi connectivity index (χ4n) is 1.27. The molecule has 2 heterocycles. The Kier molecular flexibility index (Phi) is 4.12. The molecule has 0 spiro atoms. The lowest BCUT2D eigenvalue weighted by Crippen LogP contribution is -2.14. The molecule has 0 fully saturated rings. The number of nitriles is 1. The van der Waals surface area contributed by atoms with E-state index < -0.39 is 12.1 Å². The molecular formula is C11H9N3O2S2. The number of carbonyl (C=O) groups excluding carboxylic acids is 1. The zero-order valence-corrected chi connectivity index (χ0v) is 11.1. The lowest BCUT2D eigenvalue weighted by Gasteiger charge is -2.05. The molecule has 18 heavy (non-hydrogen) atoms. The minimum atomic E-state index is -0.718. The molecule has 0 N–H and O–H groups in total. The standard InChI is InChI=1S/C11H9N3O2S2/c1-7(4-12)16-9(15)5-18-11-8-2-3-17-10(8)13-6-14-11/h2-3,6-7H,5H2,1H3/t7-/m1/s1. The Morgan fingerprint density at radius 1 is 1.67 bits per heavy atom. The van der Waals surface area contributed by atoms with Crippen molar-refractivity contribution in [1.29, 1.82) is 5.26 Å². The first-order valence-corrected chi connectivity index (χ1v) is 6.97. The molecule has 0 unspecified atom stereocenters. The molecule has 7 heteroatoms. The molecule has 0 aromatic carbocycles. The summed E-state index contributed by atoms with van der Waals surface area (Å²) in [4.78, 5) is 20.6. The van der Waals surface area contributed by atoms with Gasteiger partial charge in [-0.25, -0.2) is 9.97 Å². The molecule has 0 saturated carbocycles. The van der Waals surface area contributed by atoms with Gasteiger partial charge in [-0.3, -0.25) is 4.79 Å². The maximum Gasteiger partial charge on any atom is 0.317 e. The number of fused-ring (bicyclic) bond motifs is 1. The molecule has 5 nitrogen and oxygen atoms in total. The molecule has 0 aliphatic rings. The summed E-state index contributed by atoms with van der Waals surface area (Å²) in [5.74, 6) is -0.287. The number of ether oxygens (including phenoxy) is 1. The second kappa shape index (κ2) is 5.80. The average molecular weight is 279 g/mol. The predicted molar refractivity (Wildman–Crippen MR) is 69.3 cm³/mol. The van der Waals surface area contributed by atoms with E-state index in [2.05, 4.69) is 9.97 Å². The van der Waals surface area contributed by atoms with E-state index in [4.69, 9.17) is 10.00 Å². The Bertz CT molecular complexity index is 606. The van der Waals surface area contributed by atoms with E-state index in [1.807, 2.05) is 17.5 Å². The molecule has 0 amide bonds. The Balaban J connectivity index is 2.00. The van der Waals surface area contributed by atoms with Gasteiger partial charge < -0.3 is 4.74 Å². The molecular weight excluding hydrogens is 270 g/mol. The van der Waals surface area contributed by atoms with Crippen LogP contribution in [0.15, 0.2) is 22.8 Å². The van der Waals surface area contributed by atoms with Crippen molar-refractivity contribution in [3.63, 3.8) is 0 Å². The van der Waals surface area contributed by atoms with Gasteiger partial charge in [0.1, 0.15) is 22.3 Å². The molecule has 0 bridgehead atoms. The van der Waals surface area contributed by atoms with Crippen LogP contribution in [0.1, 0.15) is 6.92 Å². The number of hydrogen-bond acceptors (Lipinski definition) is 7. The summed E-state index contributed by atoms with van der Waals surface area (Å²) in [7, 11) is 0. The topological polar surface area (TPSA) is 75.9 Å². The summed E-state index contributed by atoms with van der Waals surface area (Å²) in [5, 5.41) is 12.2. The van der Waals surface area contributed by atoms with Gasteiger partial charge in [-0.1, -0.05) is 11.8 Å². The minimum absolute atomic E-state index is 0.133. The molecule has 0 aliphatic carbocycles. The third-order valence-electron chi connectivity index (χ3n) is 2.04. The Labute approximate surface area is 112 Å². The van der Waals surface area contributed by atoms with Gasteiger partial charge in [0.25, 0.3) is 0 Å². The molecule has 1 atom stereocenters. The smallest absolute Gasteiger partial charge is 0.317 e. The van der Waals surface area contributed by atoms with Gasteiger partial charge >= 0.3 is 5.97 Å². The van der Waals surface area contributed by atoms with Gasteiger partial charge in [0.05, 0.1) is 5.75 Å². The number of nitrogens with zero attached hydrogens (tertiary/aromatic N) is 3. The highest BCUT2D eigenvalue weighted by atomic mass is 32.2. The van der Waals surface area contributed by atoms with Gasteiger partial charge in [-0.15, -0.1) is 11.3 Å². The van der Waals surface area contributed by atoms with E-state index >= 15 is 0 Å². The summed E-state index contributed by atoms with van der Waals surface area (Å²) in [6, 6.07) is 3.77. The van der Waals surface area contributed by atoms with Crippen molar-refractivity contribution in [2.75, 3.05) is 5.75 Å². The Morgan fingerprint density at radius 3 is 3.28 bits per heavy atom. The quantitative estimate of drug-likeness (QED) is 0.485. The van der Waals surface area contributed by atoms with E-state index in [1.54, 1.807) is 0 Å². The van der Waals surface area contributed by atoms with Gasteiger partial charge in [-0.05, 0) is 18.4 Å². The van der Waals surface area contributed by atoms with Gasteiger partial charge in [0.2, 0.25) is 0 Å². The first kappa shape index (κ1) is 12.8. The van der Waals surface area contributed by atoms with E-state index in [9.17, 15) is 4.79 Å². The summed E-state index contributed by atoms with van der Waals surface area (Å²) in [6.07, 6.45) is 0.759. The lowest BCUT2D eigenvalue weighted by molar-refractivity contribution is -0.142. The van der Waals surface area contributed by atoms with Gasteiger partial charge in [0.15, 0.2) is 6.10 Å². The van der Waals surface area contributed by atoms with E-state index in [1.165, 1.54) is 36.3 Å². The number of hydrogen-bond donors (Lipinski definition) is 0. The first-order chi connectivity index (χ1) is 8.70. The Morgan fingerprint density at radius 2 is 2.50 bits per heavy atom. The monoisotopic (exact) mass is 279 g/mol. The largest absolute Gasteiger partial charge is 0.447 e. The van der Waals surface area contributed by atoms with E-state index in [-0.39, 0.29) is 5.75 Å². The SMILES string of the molecule is C[C@H](C#N)OC(=O)CSc1ncnc2sccc12. The molecule has 2 aromatic heterocycles. The Hall–Kier alpha value is -1.65. The van der Waals surface area contributed by atoms with Crippen molar-refractivity contribution in [3.05, 3.63) is 17.8 Å². The van der Waals surface area contributed by atoms with Crippen molar-refractivity contribution in [3.8, 4) is 6.07 Å². The zero-order chi connectivity index (χ0) is 13.0. The van der Waals surface area contributed by atoms with Crippen LogP contribution in [0.25, 0.3) is 10.2 Å². The van der Waals surface area contributed by atoms with Crippen molar-refractivity contribution >= 4 is 39.3 Å². The van der Waals surface area contributed by atoms with Crippen molar-refractivity contribution in [1.82, 2.24) is 9.97 Å². The highest BCUT2D eigenvalue weighted by molar-refractivity contribution is 8.00. The van der Waals surface area contributed by atoms with Crippen molar-refractivity contribution < 1.29 is 9.53 Å². The first-order valence-electron chi connectivity index (χ1n) is 5.11. The van der Waals surface area contributed by atoms with Crippen molar-refractivity contribution in [2.45, 2.75) is 18.1 Å². The summed E-state index contributed by atoms with van der Waals surface area (Å²) < 4.78 is 4.85. The average Bonchev–Trinajstić information content (AvgIpc) is 2.84. The number of esters is 1. The molecule has 0 radical (unpaired) electrons. The summed E-state index contributed by atoms with van der Waals surface area (Å²) in [5.41, 5.74) is 0. The van der Waals surface area contributed by atoms with Gasteiger partial charge in [-0.2, -0.15) is 5.26 Å². The predicted octanol–water partition coefficient (Wildman–Crippen LogP) is 2.24. The third-order valence-corrected chi connectivity index (χ3v) is 3.84. The third kappa shape index (κ3) is 2.97. The van der Waals surface area contributed by atoms with Crippen LogP contribution in [0.2, 0.25) is 0 Å². The number of thioether (sulfide) groups is 1. The van der Waals surface area contributed by atoms with Crippen LogP contribution < -0.4 is 0 Å². The molecule has 2 rings (SSSR count). The lowest BCUT2D eigenvalue weighted by atomic mass is 10.4. The number of aromatic nitrogens is 2. The summed E-state index contributed by atoms with van der Waals surface area (Å²) >= 11 is 2.81. The number of rotatable bonds is 4. The number of carbonyl (C=O) groups is 1. The highest BCUT2D eigenvalue weighted by Crippen LogP contribution is 2.27. The van der Waals surface area contributed by atoms with Gasteiger partial charge in [0, 0.05) is 5.39 Å². The van der Waals surface area contributed by atoms with Crippen LogP contribution in [0.3, 0.4) is 0 Å². The van der Waals surface area contributed by atoms with Crippen LogP contribution >= 0.6 is 23.1 Å². The summed E-state index contributed by atoms with van der Waals surface area (Å²) in [6.45, 7) is 1.53. The molecule has 0 aliphatic heterocycles. The molecule has 0 saturated heterocycles. The number of thiophene rings is 1. The minimum Gasteiger partial charge on any atom is -0.447 e. The van der Waals surface area contributed by atoms with Crippen LogP contribution in [-0.4, -0.2) is 27.8 Å². The molecule has 92 valence electrons. The van der Waals surface area contributed by atoms with Crippen LogP contribution in [0.4, 0.5) is 0 Å². The maximum atomic E-state index is 11.4. The second-order valence-corrected chi connectivity index (χ2v) is 5.23. The van der Waals surface area contributed by atoms with Crippen LogP contribution in [0, 0.1) is 11.3 Å². The van der Waals surface area contributed by atoms with E-state index in [0.717, 1.165) is 15.2 Å².